The highest BCUT2D eigenvalue weighted by atomic mass is 35.5. The van der Waals surface area contributed by atoms with Crippen LogP contribution in [0.4, 0.5) is 5.69 Å². The molecule has 2 aliphatic rings. The van der Waals surface area contributed by atoms with Crippen LogP contribution in [0.1, 0.15) is 44.2 Å². The third-order valence-corrected chi connectivity index (χ3v) is 4.65. The van der Waals surface area contributed by atoms with Gasteiger partial charge in [0.1, 0.15) is 11.8 Å². The Labute approximate surface area is 130 Å². The number of halogens is 1. The Morgan fingerprint density at radius 1 is 1.43 bits per heavy atom. The van der Waals surface area contributed by atoms with E-state index in [9.17, 15) is 4.79 Å². The molecule has 1 aromatic carbocycles. The van der Waals surface area contributed by atoms with Crippen molar-refractivity contribution in [1.82, 2.24) is 5.32 Å². The smallest absolute Gasteiger partial charge is 0.246 e. The van der Waals surface area contributed by atoms with Gasteiger partial charge in [0.25, 0.3) is 0 Å². The van der Waals surface area contributed by atoms with Gasteiger partial charge in [-0.1, -0.05) is 37.8 Å². The molecule has 1 aliphatic carbocycles. The number of carbonyl (C=O) groups excluding carboxylic acids is 1. The maximum absolute atomic E-state index is 11.9. The first kappa shape index (κ1) is 14.7. The number of amides is 1. The molecule has 2 N–H and O–H groups in total. The standard InChI is InChI=1S/C16H21ClN2O2/c1-2-18-15-11-8-12(17)14(9-13(11)19-16(15)20)21-7-6-10-4-3-5-10/h8-10,15,18H,2-7H2,1H3,(H,19,20). The quantitative estimate of drug-likeness (QED) is 0.845. The number of likely N-dealkylation sites (N-methyl/N-ethyl adjacent to an activating group) is 1. The average molecular weight is 309 g/mol. The number of anilines is 1. The lowest BCUT2D eigenvalue weighted by molar-refractivity contribution is -0.117. The predicted molar refractivity (Wildman–Crippen MR) is 84.0 cm³/mol. The molecular weight excluding hydrogens is 288 g/mol. The van der Waals surface area contributed by atoms with Crippen LogP contribution >= 0.6 is 11.6 Å². The fraction of sp³-hybridized carbons (Fsp3) is 0.562. The van der Waals surface area contributed by atoms with Crippen LogP contribution in [0.5, 0.6) is 5.75 Å². The minimum Gasteiger partial charge on any atom is -0.492 e. The van der Waals surface area contributed by atoms with Crippen molar-refractivity contribution < 1.29 is 9.53 Å². The van der Waals surface area contributed by atoms with Crippen molar-refractivity contribution in [3.63, 3.8) is 0 Å². The molecule has 0 radical (unpaired) electrons. The zero-order chi connectivity index (χ0) is 14.8. The summed E-state index contributed by atoms with van der Waals surface area (Å²) in [6.07, 6.45) is 5.07. The summed E-state index contributed by atoms with van der Waals surface area (Å²) in [5.41, 5.74) is 1.70. The minimum atomic E-state index is -0.313. The zero-order valence-electron chi connectivity index (χ0n) is 12.2. The van der Waals surface area contributed by atoms with E-state index in [-0.39, 0.29) is 11.9 Å². The van der Waals surface area contributed by atoms with Gasteiger partial charge in [-0.3, -0.25) is 4.79 Å². The summed E-state index contributed by atoms with van der Waals surface area (Å²) in [7, 11) is 0. The van der Waals surface area contributed by atoms with Gasteiger partial charge in [-0.05, 0) is 24.9 Å². The van der Waals surface area contributed by atoms with Crippen molar-refractivity contribution in [3.05, 3.63) is 22.7 Å². The Hall–Kier alpha value is -1.26. The van der Waals surface area contributed by atoms with Crippen LogP contribution in [0.15, 0.2) is 12.1 Å². The van der Waals surface area contributed by atoms with Gasteiger partial charge in [0.2, 0.25) is 5.91 Å². The molecule has 0 spiro atoms. The fourth-order valence-corrected chi connectivity index (χ4v) is 3.12. The summed E-state index contributed by atoms with van der Waals surface area (Å²) in [5, 5.41) is 6.61. The molecule has 1 unspecified atom stereocenters. The first-order valence-electron chi connectivity index (χ1n) is 7.69. The number of carbonyl (C=O) groups is 1. The first-order valence-corrected chi connectivity index (χ1v) is 8.07. The predicted octanol–water partition coefficient (Wildman–Crippen LogP) is 3.51. The molecule has 1 saturated carbocycles. The molecular formula is C16H21ClN2O2. The van der Waals surface area contributed by atoms with E-state index < -0.39 is 0 Å². The van der Waals surface area contributed by atoms with Crippen molar-refractivity contribution in [2.24, 2.45) is 5.92 Å². The maximum Gasteiger partial charge on any atom is 0.246 e. The summed E-state index contributed by atoms with van der Waals surface area (Å²) in [6, 6.07) is 3.36. The monoisotopic (exact) mass is 308 g/mol. The second-order valence-corrected chi connectivity index (χ2v) is 6.19. The molecule has 21 heavy (non-hydrogen) atoms. The SMILES string of the molecule is CCNC1C(=O)Nc2cc(OCCC3CCC3)c(Cl)cc21. The van der Waals surface area contributed by atoms with Crippen LogP contribution in [0.2, 0.25) is 5.02 Å². The van der Waals surface area contributed by atoms with Crippen LogP contribution in [0.25, 0.3) is 0 Å². The van der Waals surface area contributed by atoms with E-state index in [1.807, 2.05) is 19.1 Å². The van der Waals surface area contributed by atoms with E-state index >= 15 is 0 Å². The molecule has 1 aromatic rings. The van der Waals surface area contributed by atoms with Gasteiger partial charge in [0.05, 0.1) is 11.6 Å². The Bertz CT molecular complexity index is 543. The second kappa shape index (κ2) is 6.24. The van der Waals surface area contributed by atoms with Crippen molar-refractivity contribution in [3.8, 4) is 5.75 Å². The number of hydrogen-bond acceptors (Lipinski definition) is 3. The van der Waals surface area contributed by atoms with Gasteiger partial charge in [0, 0.05) is 17.3 Å². The second-order valence-electron chi connectivity index (χ2n) is 5.78. The molecule has 1 amide bonds. The van der Waals surface area contributed by atoms with Crippen molar-refractivity contribution in [2.75, 3.05) is 18.5 Å². The third kappa shape index (κ3) is 3.01. The van der Waals surface area contributed by atoms with Gasteiger partial charge in [0.15, 0.2) is 0 Å². The van der Waals surface area contributed by atoms with E-state index in [1.54, 1.807) is 0 Å². The van der Waals surface area contributed by atoms with Crippen molar-refractivity contribution >= 4 is 23.2 Å². The molecule has 0 aromatic heterocycles. The molecule has 1 atom stereocenters. The van der Waals surface area contributed by atoms with Crippen molar-refractivity contribution in [1.29, 1.82) is 0 Å². The van der Waals surface area contributed by atoms with Gasteiger partial charge in [-0.2, -0.15) is 0 Å². The highest BCUT2D eigenvalue weighted by Crippen LogP contribution is 2.39. The third-order valence-electron chi connectivity index (χ3n) is 4.35. The summed E-state index contributed by atoms with van der Waals surface area (Å²) in [6.45, 7) is 3.40. The van der Waals surface area contributed by atoms with Gasteiger partial charge in [-0.25, -0.2) is 0 Å². The Morgan fingerprint density at radius 3 is 2.90 bits per heavy atom. The van der Waals surface area contributed by atoms with E-state index in [2.05, 4.69) is 10.6 Å². The normalized spacial score (nSPS) is 20.9. The van der Waals surface area contributed by atoms with Gasteiger partial charge in [-0.15, -0.1) is 0 Å². The van der Waals surface area contributed by atoms with E-state index in [0.29, 0.717) is 17.4 Å². The first-order chi connectivity index (χ1) is 10.2. The average Bonchev–Trinajstić information content (AvgIpc) is 2.69. The number of rotatable bonds is 6. The largest absolute Gasteiger partial charge is 0.492 e. The number of ether oxygens (including phenoxy) is 1. The maximum atomic E-state index is 11.9. The number of fused-ring (bicyclic) bond motifs is 1. The van der Waals surface area contributed by atoms with Gasteiger partial charge < -0.3 is 15.4 Å². The number of benzene rings is 1. The highest BCUT2D eigenvalue weighted by molar-refractivity contribution is 6.32. The molecule has 3 rings (SSSR count). The van der Waals surface area contributed by atoms with E-state index in [0.717, 1.165) is 30.1 Å². The molecule has 4 nitrogen and oxygen atoms in total. The lowest BCUT2D eigenvalue weighted by Crippen LogP contribution is -2.27. The Morgan fingerprint density at radius 2 is 2.24 bits per heavy atom. The summed E-state index contributed by atoms with van der Waals surface area (Å²) < 4.78 is 5.80. The van der Waals surface area contributed by atoms with Crippen LogP contribution in [-0.4, -0.2) is 19.1 Å². The molecule has 1 fully saturated rings. The molecule has 114 valence electrons. The fourth-order valence-electron chi connectivity index (χ4n) is 2.90. The highest BCUT2D eigenvalue weighted by Gasteiger charge is 2.31. The number of hydrogen-bond donors (Lipinski definition) is 2. The van der Waals surface area contributed by atoms with Crippen LogP contribution in [-0.2, 0) is 4.79 Å². The van der Waals surface area contributed by atoms with Crippen LogP contribution in [0, 0.1) is 5.92 Å². The van der Waals surface area contributed by atoms with Crippen molar-refractivity contribution in [2.45, 2.75) is 38.6 Å². The lowest BCUT2D eigenvalue weighted by atomic mass is 9.83. The molecule has 1 aliphatic heterocycles. The summed E-state index contributed by atoms with van der Waals surface area (Å²) in [4.78, 5) is 11.9. The molecule has 5 heteroatoms. The lowest BCUT2D eigenvalue weighted by Gasteiger charge is -2.25. The Balaban J connectivity index is 1.69. The van der Waals surface area contributed by atoms with Crippen LogP contribution < -0.4 is 15.4 Å². The molecule has 0 bridgehead atoms. The molecule has 1 heterocycles. The number of nitrogens with one attached hydrogen (secondary N) is 2. The minimum absolute atomic E-state index is 0.0328. The zero-order valence-corrected chi connectivity index (χ0v) is 13.0. The Kier molecular flexibility index (Phi) is 4.36. The topological polar surface area (TPSA) is 50.4 Å². The van der Waals surface area contributed by atoms with E-state index in [4.69, 9.17) is 16.3 Å². The summed E-state index contributed by atoms with van der Waals surface area (Å²) in [5.74, 6) is 1.44. The molecule has 0 saturated heterocycles. The van der Waals surface area contributed by atoms with E-state index in [1.165, 1.54) is 19.3 Å². The summed E-state index contributed by atoms with van der Waals surface area (Å²) >= 11 is 6.29. The van der Waals surface area contributed by atoms with Gasteiger partial charge >= 0.3 is 0 Å². The van der Waals surface area contributed by atoms with Crippen LogP contribution in [0.3, 0.4) is 0 Å².